The summed E-state index contributed by atoms with van der Waals surface area (Å²) in [4.78, 5) is 24.7. The highest BCUT2D eigenvalue weighted by molar-refractivity contribution is 5.92. The SMILES string of the molecule is CCN(CCC(=O)OC)C(=O)/C=C/c1ccc(C)cc1. The Morgan fingerprint density at radius 3 is 2.45 bits per heavy atom. The quantitative estimate of drug-likeness (QED) is 0.591. The van der Waals surface area contributed by atoms with E-state index in [-0.39, 0.29) is 18.3 Å². The molecule has 1 amide bonds. The van der Waals surface area contributed by atoms with Crippen molar-refractivity contribution in [2.24, 2.45) is 0 Å². The lowest BCUT2D eigenvalue weighted by Crippen LogP contribution is -2.31. The summed E-state index contributed by atoms with van der Waals surface area (Å²) in [5.74, 6) is -0.407. The van der Waals surface area contributed by atoms with Gasteiger partial charge in [-0.25, -0.2) is 0 Å². The Morgan fingerprint density at radius 1 is 1.25 bits per heavy atom. The Bertz CT molecular complexity index is 477. The predicted octanol–water partition coefficient (Wildman–Crippen LogP) is 2.42. The number of aryl methyl sites for hydroxylation is 1. The number of carbonyl (C=O) groups excluding carboxylic acids is 2. The molecule has 0 N–H and O–H groups in total. The van der Waals surface area contributed by atoms with Crippen LogP contribution in [0.5, 0.6) is 0 Å². The van der Waals surface area contributed by atoms with Crippen LogP contribution in [0.3, 0.4) is 0 Å². The number of ether oxygens (including phenoxy) is 1. The highest BCUT2D eigenvalue weighted by atomic mass is 16.5. The van der Waals surface area contributed by atoms with Crippen molar-refractivity contribution in [3.8, 4) is 0 Å². The van der Waals surface area contributed by atoms with Crippen LogP contribution in [0, 0.1) is 6.92 Å². The second kappa shape index (κ2) is 8.15. The van der Waals surface area contributed by atoms with Gasteiger partial charge in [-0.15, -0.1) is 0 Å². The molecule has 108 valence electrons. The molecule has 0 saturated heterocycles. The third-order valence-corrected chi connectivity index (χ3v) is 3.00. The van der Waals surface area contributed by atoms with Crippen molar-refractivity contribution in [1.82, 2.24) is 4.90 Å². The Balaban J connectivity index is 2.58. The number of hydrogen-bond acceptors (Lipinski definition) is 3. The molecule has 0 heterocycles. The van der Waals surface area contributed by atoms with Crippen LogP contribution in [0.15, 0.2) is 30.3 Å². The summed E-state index contributed by atoms with van der Waals surface area (Å²) in [6.45, 7) is 4.84. The number of methoxy groups -OCH3 is 1. The van der Waals surface area contributed by atoms with E-state index in [0.717, 1.165) is 5.56 Å². The molecule has 1 aromatic rings. The van der Waals surface area contributed by atoms with Crippen molar-refractivity contribution in [3.63, 3.8) is 0 Å². The fourth-order valence-electron chi connectivity index (χ4n) is 1.70. The molecule has 0 aromatic heterocycles. The van der Waals surface area contributed by atoms with Crippen LogP contribution in [-0.4, -0.2) is 37.0 Å². The van der Waals surface area contributed by atoms with Gasteiger partial charge in [-0.3, -0.25) is 9.59 Å². The van der Waals surface area contributed by atoms with Crippen molar-refractivity contribution in [1.29, 1.82) is 0 Å². The van der Waals surface area contributed by atoms with E-state index >= 15 is 0 Å². The maximum Gasteiger partial charge on any atom is 0.307 e. The first-order valence-corrected chi connectivity index (χ1v) is 6.67. The minimum absolute atomic E-state index is 0.100. The number of nitrogens with zero attached hydrogens (tertiary/aromatic N) is 1. The normalized spacial score (nSPS) is 10.6. The molecule has 0 atom stereocenters. The van der Waals surface area contributed by atoms with Gasteiger partial charge in [-0.1, -0.05) is 29.8 Å². The average molecular weight is 275 g/mol. The van der Waals surface area contributed by atoms with Crippen LogP contribution in [-0.2, 0) is 14.3 Å². The van der Waals surface area contributed by atoms with Gasteiger partial charge in [-0.05, 0) is 25.5 Å². The molecule has 20 heavy (non-hydrogen) atoms. The molecule has 0 saturated carbocycles. The Morgan fingerprint density at radius 2 is 1.90 bits per heavy atom. The minimum Gasteiger partial charge on any atom is -0.469 e. The third-order valence-electron chi connectivity index (χ3n) is 3.00. The first-order chi connectivity index (χ1) is 9.56. The lowest BCUT2D eigenvalue weighted by Gasteiger charge is -2.18. The first-order valence-electron chi connectivity index (χ1n) is 6.67. The van der Waals surface area contributed by atoms with Gasteiger partial charge < -0.3 is 9.64 Å². The molecule has 1 aromatic carbocycles. The van der Waals surface area contributed by atoms with E-state index in [1.54, 1.807) is 11.0 Å². The summed E-state index contributed by atoms with van der Waals surface area (Å²) in [6.07, 6.45) is 3.53. The molecule has 4 heteroatoms. The molecule has 1 rings (SSSR count). The van der Waals surface area contributed by atoms with Crippen LogP contribution < -0.4 is 0 Å². The van der Waals surface area contributed by atoms with Crippen molar-refractivity contribution in [3.05, 3.63) is 41.5 Å². The molecule has 0 aliphatic rings. The van der Waals surface area contributed by atoms with Crippen LogP contribution in [0.1, 0.15) is 24.5 Å². The molecule has 0 bridgehead atoms. The number of benzene rings is 1. The maximum atomic E-state index is 12.0. The fraction of sp³-hybridized carbons (Fsp3) is 0.375. The number of esters is 1. The maximum absolute atomic E-state index is 12.0. The zero-order valence-corrected chi connectivity index (χ0v) is 12.3. The summed E-state index contributed by atoms with van der Waals surface area (Å²) in [5.41, 5.74) is 2.16. The smallest absolute Gasteiger partial charge is 0.307 e. The Labute approximate surface area is 120 Å². The second-order valence-electron chi connectivity index (χ2n) is 4.49. The Hall–Kier alpha value is -2.10. The van der Waals surface area contributed by atoms with E-state index in [1.165, 1.54) is 18.7 Å². The first kappa shape index (κ1) is 16.0. The molecular weight excluding hydrogens is 254 g/mol. The predicted molar refractivity (Wildman–Crippen MR) is 79.1 cm³/mol. The average Bonchev–Trinajstić information content (AvgIpc) is 2.47. The lowest BCUT2D eigenvalue weighted by atomic mass is 10.1. The molecule has 0 fully saturated rings. The highest BCUT2D eigenvalue weighted by Crippen LogP contribution is 2.06. The third kappa shape index (κ3) is 5.26. The summed E-state index contributed by atoms with van der Waals surface area (Å²) in [7, 11) is 1.34. The van der Waals surface area contributed by atoms with Gasteiger partial charge >= 0.3 is 5.97 Å². The van der Waals surface area contributed by atoms with Gasteiger partial charge in [0.25, 0.3) is 0 Å². The molecule has 4 nitrogen and oxygen atoms in total. The highest BCUT2D eigenvalue weighted by Gasteiger charge is 2.10. The summed E-state index contributed by atoms with van der Waals surface area (Å²) >= 11 is 0. The van der Waals surface area contributed by atoms with E-state index in [2.05, 4.69) is 4.74 Å². The largest absolute Gasteiger partial charge is 0.469 e. The lowest BCUT2D eigenvalue weighted by molar-refractivity contribution is -0.141. The van der Waals surface area contributed by atoms with Gasteiger partial charge in [0, 0.05) is 19.2 Å². The number of amides is 1. The van der Waals surface area contributed by atoms with E-state index in [9.17, 15) is 9.59 Å². The number of likely N-dealkylation sites (N-methyl/N-ethyl adjacent to an activating group) is 1. The second-order valence-corrected chi connectivity index (χ2v) is 4.49. The standard InChI is InChI=1S/C16H21NO3/c1-4-17(12-11-16(19)20-3)15(18)10-9-14-7-5-13(2)6-8-14/h5-10H,4,11-12H2,1-3H3/b10-9+. The summed E-state index contributed by atoms with van der Waals surface area (Å²) < 4.78 is 4.57. The molecule has 0 spiro atoms. The number of rotatable bonds is 6. The van der Waals surface area contributed by atoms with Crippen molar-refractivity contribution in [2.75, 3.05) is 20.2 Å². The van der Waals surface area contributed by atoms with Gasteiger partial charge in [-0.2, -0.15) is 0 Å². The van der Waals surface area contributed by atoms with Crippen molar-refractivity contribution < 1.29 is 14.3 Å². The summed E-state index contributed by atoms with van der Waals surface area (Å²) in [5, 5.41) is 0. The van der Waals surface area contributed by atoms with Gasteiger partial charge in [0.05, 0.1) is 13.5 Å². The number of hydrogen-bond donors (Lipinski definition) is 0. The van der Waals surface area contributed by atoms with Crippen molar-refractivity contribution >= 4 is 18.0 Å². The molecule has 0 radical (unpaired) electrons. The molecule has 0 aliphatic carbocycles. The fourth-order valence-corrected chi connectivity index (χ4v) is 1.70. The zero-order valence-electron chi connectivity index (χ0n) is 12.3. The van der Waals surface area contributed by atoms with Crippen molar-refractivity contribution in [2.45, 2.75) is 20.3 Å². The van der Waals surface area contributed by atoms with E-state index < -0.39 is 0 Å². The monoisotopic (exact) mass is 275 g/mol. The van der Waals surface area contributed by atoms with E-state index in [4.69, 9.17) is 0 Å². The van der Waals surface area contributed by atoms with Gasteiger partial charge in [0.15, 0.2) is 0 Å². The topological polar surface area (TPSA) is 46.6 Å². The van der Waals surface area contributed by atoms with E-state index in [1.807, 2.05) is 38.1 Å². The van der Waals surface area contributed by atoms with Crippen LogP contribution in [0.2, 0.25) is 0 Å². The van der Waals surface area contributed by atoms with Gasteiger partial charge in [0.2, 0.25) is 5.91 Å². The molecular formula is C16H21NO3. The van der Waals surface area contributed by atoms with Gasteiger partial charge in [0.1, 0.15) is 0 Å². The Kier molecular flexibility index (Phi) is 6.50. The number of carbonyl (C=O) groups is 2. The van der Waals surface area contributed by atoms with Crippen LogP contribution >= 0.6 is 0 Å². The molecule has 0 aliphatic heterocycles. The van der Waals surface area contributed by atoms with Crippen LogP contribution in [0.25, 0.3) is 6.08 Å². The van der Waals surface area contributed by atoms with E-state index in [0.29, 0.717) is 13.1 Å². The van der Waals surface area contributed by atoms with Crippen LogP contribution in [0.4, 0.5) is 0 Å². The minimum atomic E-state index is -0.307. The molecule has 0 unspecified atom stereocenters. The zero-order chi connectivity index (χ0) is 15.0. The summed E-state index contributed by atoms with van der Waals surface area (Å²) in [6, 6.07) is 7.92.